The van der Waals surface area contributed by atoms with E-state index in [4.69, 9.17) is 4.74 Å². The van der Waals surface area contributed by atoms with E-state index in [-0.39, 0.29) is 11.9 Å². The van der Waals surface area contributed by atoms with Crippen LogP contribution < -0.4 is 0 Å². The van der Waals surface area contributed by atoms with Gasteiger partial charge in [-0.1, -0.05) is 25.5 Å². The molecule has 0 aromatic heterocycles. The Morgan fingerprint density at radius 1 is 1.53 bits per heavy atom. The number of fused-ring (bicyclic) bond motifs is 2. The first-order valence-electron chi connectivity index (χ1n) is 6.01. The van der Waals surface area contributed by atoms with Crippen LogP contribution in [0.1, 0.15) is 33.6 Å². The van der Waals surface area contributed by atoms with Gasteiger partial charge >= 0.3 is 5.97 Å². The Labute approximate surface area is 91.7 Å². The lowest BCUT2D eigenvalue weighted by Gasteiger charge is -2.21. The summed E-state index contributed by atoms with van der Waals surface area (Å²) in [6, 6.07) is 0. The maximum absolute atomic E-state index is 11.7. The van der Waals surface area contributed by atoms with Crippen LogP contribution in [-0.2, 0) is 9.53 Å². The largest absolute Gasteiger partial charge is 0.466 e. The van der Waals surface area contributed by atoms with Gasteiger partial charge in [0.25, 0.3) is 0 Å². The Kier molecular flexibility index (Phi) is 2.85. The zero-order valence-electron chi connectivity index (χ0n) is 9.82. The van der Waals surface area contributed by atoms with Gasteiger partial charge in [0.15, 0.2) is 0 Å². The SMILES string of the molecule is CCOC(=O)C1CC2CC1C=C2C(C)C. The van der Waals surface area contributed by atoms with E-state index in [9.17, 15) is 4.79 Å². The summed E-state index contributed by atoms with van der Waals surface area (Å²) < 4.78 is 5.11. The lowest BCUT2D eigenvalue weighted by molar-refractivity contribution is -0.148. The van der Waals surface area contributed by atoms with Crippen molar-refractivity contribution in [3.8, 4) is 0 Å². The van der Waals surface area contributed by atoms with Gasteiger partial charge in [-0.05, 0) is 37.5 Å². The molecule has 0 aromatic carbocycles. The van der Waals surface area contributed by atoms with Crippen LogP contribution in [0.15, 0.2) is 11.6 Å². The molecule has 1 fully saturated rings. The molecule has 2 heteroatoms. The summed E-state index contributed by atoms with van der Waals surface area (Å²) in [6.45, 7) is 6.87. The number of esters is 1. The number of rotatable bonds is 3. The molecule has 0 aliphatic heterocycles. The summed E-state index contributed by atoms with van der Waals surface area (Å²) in [5.74, 6) is 1.93. The van der Waals surface area contributed by atoms with Crippen LogP contribution in [0.3, 0.4) is 0 Å². The third-order valence-electron chi connectivity index (χ3n) is 3.75. The van der Waals surface area contributed by atoms with Gasteiger partial charge in [0, 0.05) is 0 Å². The minimum atomic E-state index is 0.0176. The quantitative estimate of drug-likeness (QED) is 0.526. The molecule has 0 N–H and O–H groups in total. The molecule has 0 aromatic rings. The molecule has 2 nitrogen and oxygen atoms in total. The van der Waals surface area contributed by atoms with Crippen molar-refractivity contribution in [2.24, 2.45) is 23.7 Å². The normalized spacial score (nSPS) is 33.3. The summed E-state index contributed by atoms with van der Waals surface area (Å²) in [4.78, 5) is 11.7. The van der Waals surface area contributed by atoms with Gasteiger partial charge in [-0.3, -0.25) is 4.79 Å². The molecule has 2 rings (SSSR count). The minimum absolute atomic E-state index is 0.0176. The Morgan fingerprint density at radius 2 is 2.27 bits per heavy atom. The molecule has 0 saturated heterocycles. The molecular formula is C13H20O2. The lowest BCUT2D eigenvalue weighted by atomic mass is 9.85. The topological polar surface area (TPSA) is 26.3 Å². The highest BCUT2D eigenvalue weighted by atomic mass is 16.5. The van der Waals surface area contributed by atoms with Crippen LogP contribution >= 0.6 is 0 Å². The number of carbonyl (C=O) groups is 1. The van der Waals surface area contributed by atoms with Crippen LogP contribution in [0.4, 0.5) is 0 Å². The number of hydrogen-bond donors (Lipinski definition) is 0. The fourth-order valence-electron chi connectivity index (χ4n) is 3.09. The molecule has 3 atom stereocenters. The van der Waals surface area contributed by atoms with E-state index in [0.717, 1.165) is 6.42 Å². The van der Waals surface area contributed by atoms with E-state index < -0.39 is 0 Å². The number of allylic oxidation sites excluding steroid dienone is 2. The monoisotopic (exact) mass is 208 g/mol. The Morgan fingerprint density at radius 3 is 2.73 bits per heavy atom. The van der Waals surface area contributed by atoms with Crippen molar-refractivity contribution in [1.29, 1.82) is 0 Å². The molecule has 0 radical (unpaired) electrons. The first-order valence-corrected chi connectivity index (χ1v) is 6.01. The molecule has 84 valence electrons. The number of hydrogen-bond acceptors (Lipinski definition) is 2. The second-order valence-corrected chi connectivity index (χ2v) is 5.01. The van der Waals surface area contributed by atoms with Crippen LogP contribution in [0, 0.1) is 23.7 Å². The van der Waals surface area contributed by atoms with E-state index in [1.165, 1.54) is 6.42 Å². The molecule has 2 bridgehead atoms. The fourth-order valence-corrected chi connectivity index (χ4v) is 3.09. The van der Waals surface area contributed by atoms with Gasteiger partial charge in [0.1, 0.15) is 0 Å². The van der Waals surface area contributed by atoms with E-state index in [1.807, 2.05) is 6.92 Å². The Hall–Kier alpha value is -0.790. The highest BCUT2D eigenvalue weighted by Gasteiger charge is 2.44. The molecule has 0 amide bonds. The van der Waals surface area contributed by atoms with Crippen molar-refractivity contribution in [1.82, 2.24) is 0 Å². The molecule has 3 unspecified atom stereocenters. The van der Waals surface area contributed by atoms with Crippen molar-refractivity contribution < 1.29 is 9.53 Å². The second kappa shape index (κ2) is 3.99. The Bertz CT molecular complexity index is 291. The van der Waals surface area contributed by atoms with E-state index in [1.54, 1.807) is 5.57 Å². The van der Waals surface area contributed by atoms with Gasteiger partial charge in [-0.2, -0.15) is 0 Å². The molecule has 15 heavy (non-hydrogen) atoms. The zero-order chi connectivity index (χ0) is 11.0. The lowest BCUT2D eigenvalue weighted by Crippen LogP contribution is -2.23. The molecule has 1 saturated carbocycles. The fraction of sp³-hybridized carbons (Fsp3) is 0.769. The van der Waals surface area contributed by atoms with Gasteiger partial charge in [-0.15, -0.1) is 0 Å². The second-order valence-electron chi connectivity index (χ2n) is 5.01. The summed E-state index contributed by atoms with van der Waals surface area (Å²) >= 11 is 0. The van der Waals surface area contributed by atoms with Crippen LogP contribution in [0.5, 0.6) is 0 Å². The van der Waals surface area contributed by atoms with Crippen molar-refractivity contribution in [3.05, 3.63) is 11.6 Å². The predicted octanol–water partition coefficient (Wildman–Crippen LogP) is 2.79. The maximum Gasteiger partial charge on any atom is 0.309 e. The zero-order valence-corrected chi connectivity index (χ0v) is 9.82. The number of ether oxygens (including phenoxy) is 1. The highest BCUT2D eigenvalue weighted by molar-refractivity contribution is 5.74. The average molecular weight is 208 g/mol. The van der Waals surface area contributed by atoms with Gasteiger partial charge < -0.3 is 4.74 Å². The molecule has 2 aliphatic rings. The van der Waals surface area contributed by atoms with Gasteiger partial charge in [0.05, 0.1) is 12.5 Å². The van der Waals surface area contributed by atoms with Crippen molar-refractivity contribution >= 4 is 5.97 Å². The molecule has 0 heterocycles. The van der Waals surface area contributed by atoms with Crippen molar-refractivity contribution in [2.75, 3.05) is 6.61 Å². The summed E-state index contributed by atoms with van der Waals surface area (Å²) in [7, 11) is 0. The van der Waals surface area contributed by atoms with Crippen molar-refractivity contribution in [3.63, 3.8) is 0 Å². The van der Waals surface area contributed by atoms with Crippen LogP contribution in [-0.4, -0.2) is 12.6 Å². The van der Waals surface area contributed by atoms with Crippen LogP contribution in [0.25, 0.3) is 0 Å². The van der Waals surface area contributed by atoms with E-state index in [2.05, 4.69) is 19.9 Å². The van der Waals surface area contributed by atoms with Crippen LogP contribution in [0.2, 0.25) is 0 Å². The first-order chi connectivity index (χ1) is 7.13. The molecule has 0 spiro atoms. The van der Waals surface area contributed by atoms with Gasteiger partial charge in [0.2, 0.25) is 0 Å². The van der Waals surface area contributed by atoms with Crippen molar-refractivity contribution in [2.45, 2.75) is 33.6 Å². The predicted molar refractivity (Wildman–Crippen MR) is 59.3 cm³/mol. The summed E-state index contributed by atoms with van der Waals surface area (Å²) in [6.07, 6.45) is 4.53. The van der Waals surface area contributed by atoms with Gasteiger partial charge in [-0.25, -0.2) is 0 Å². The standard InChI is InChI=1S/C13H20O2/c1-4-15-13(14)12-7-9-5-10(12)6-11(9)8(2)3/h6,8-10,12H,4-5,7H2,1-3H3. The molecular weight excluding hydrogens is 188 g/mol. The third kappa shape index (κ3) is 1.82. The smallest absolute Gasteiger partial charge is 0.309 e. The Balaban J connectivity index is 2.04. The minimum Gasteiger partial charge on any atom is -0.466 e. The summed E-state index contributed by atoms with van der Waals surface area (Å²) in [5, 5.41) is 0. The van der Waals surface area contributed by atoms with E-state index >= 15 is 0 Å². The third-order valence-corrected chi connectivity index (χ3v) is 3.75. The van der Waals surface area contributed by atoms with E-state index in [0.29, 0.717) is 24.4 Å². The molecule has 2 aliphatic carbocycles. The average Bonchev–Trinajstić information content (AvgIpc) is 2.76. The first kappa shape index (κ1) is 10.7. The summed E-state index contributed by atoms with van der Waals surface area (Å²) in [5.41, 5.74) is 1.57. The maximum atomic E-state index is 11.7. The number of carbonyl (C=O) groups excluding carboxylic acids is 1. The highest BCUT2D eigenvalue weighted by Crippen LogP contribution is 2.49.